The van der Waals surface area contributed by atoms with Crippen molar-refractivity contribution >= 4 is 23.4 Å². The average Bonchev–Trinajstić information content (AvgIpc) is 3.01. The van der Waals surface area contributed by atoms with Crippen LogP contribution in [0, 0.1) is 6.92 Å². The Morgan fingerprint density at radius 1 is 0.766 bits per heavy atom. The number of aryl methyl sites for hydroxylation is 1. The van der Waals surface area contributed by atoms with Gasteiger partial charge in [-0.1, -0.05) is 24.3 Å². The summed E-state index contributed by atoms with van der Waals surface area (Å²) in [5.41, 5.74) is 16.6. The van der Waals surface area contributed by atoms with Gasteiger partial charge in [-0.2, -0.15) is 22.0 Å². The Bertz CT molecular complexity index is 1670. The zero-order chi connectivity index (χ0) is 34.0. The Hall–Kier alpha value is -5.06. The Kier molecular flexibility index (Phi) is 11.5. The lowest BCUT2D eigenvalue weighted by atomic mass is 9.95. The third-order valence-electron chi connectivity index (χ3n) is 7.14. The average molecular weight is 655 g/mol. The summed E-state index contributed by atoms with van der Waals surface area (Å²) in [6.45, 7) is 2.11. The van der Waals surface area contributed by atoms with Gasteiger partial charge in [-0.3, -0.25) is 0 Å². The van der Waals surface area contributed by atoms with Crippen LogP contribution in [0.5, 0.6) is 11.5 Å². The van der Waals surface area contributed by atoms with Gasteiger partial charge >= 0.3 is 18.3 Å². The lowest BCUT2D eigenvalue weighted by Gasteiger charge is -2.18. The quantitative estimate of drug-likeness (QED) is 0.0463. The largest absolute Gasteiger partial charge is 0.494 e. The third-order valence-corrected chi connectivity index (χ3v) is 7.14. The lowest BCUT2D eigenvalue weighted by Crippen LogP contribution is -2.21. The number of esters is 1. The molecule has 0 spiro atoms. The number of rotatable bonds is 14. The summed E-state index contributed by atoms with van der Waals surface area (Å²) in [6.07, 6.45) is -5.17. The van der Waals surface area contributed by atoms with Crippen LogP contribution in [0.1, 0.15) is 47.9 Å². The number of benzene rings is 4. The minimum atomic E-state index is -4.17. The summed E-state index contributed by atoms with van der Waals surface area (Å²) in [6, 6.07) is 21.6. The zero-order valence-corrected chi connectivity index (χ0v) is 25.7. The predicted molar refractivity (Wildman–Crippen MR) is 172 cm³/mol. The lowest BCUT2D eigenvalue weighted by molar-refractivity contribution is -0.185. The first-order chi connectivity index (χ1) is 22.3. The summed E-state index contributed by atoms with van der Waals surface area (Å²) >= 11 is 0. The molecule has 0 aliphatic heterocycles. The molecule has 0 atom stereocenters. The fourth-order valence-corrected chi connectivity index (χ4v) is 4.74. The molecule has 0 aliphatic carbocycles. The van der Waals surface area contributed by atoms with Gasteiger partial charge in [0.25, 0.3) is 0 Å². The highest BCUT2D eigenvalue weighted by molar-refractivity contribution is 5.87. The molecule has 0 radical (unpaired) electrons. The molecular weight excluding hydrogens is 619 g/mol. The van der Waals surface area contributed by atoms with Gasteiger partial charge in [0, 0.05) is 23.9 Å². The van der Waals surface area contributed by atoms with Gasteiger partial charge < -0.3 is 25.7 Å². The van der Waals surface area contributed by atoms with E-state index in [0.717, 1.165) is 16.7 Å². The van der Waals surface area contributed by atoms with E-state index in [-0.39, 0.29) is 25.4 Å². The number of unbranched alkanes of at least 4 members (excludes halogenated alkanes) is 2. The first-order valence-corrected chi connectivity index (χ1v) is 14.9. The fourth-order valence-electron chi connectivity index (χ4n) is 4.74. The summed E-state index contributed by atoms with van der Waals surface area (Å²) in [5.74, 6) is -0.343. The van der Waals surface area contributed by atoms with E-state index >= 15 is 0 Å². The van der Waals surface area contributed by atoms with Crippen molar-refractivity contribution < 1.29 is 41.0 Å². The van der Waals surface area contributed by atoms with Crippen LogP contribution in [0.4, 0.5) is 33.3 Å². The Labute approximate surface area is 269 Å². The van der Waals surface area contributed by atoms with Crippen molar-refractivity contribution in [1.29, 1.82) is 0 Å². The number of alkyl halides is 5. The van der Waals surface area contributed by atoms with Crippen molar-refractivity contribution in [3.8, 4) is 22.6 Å². The molecule has 6 nitrogen and oxygen atoms in total. The van der Waals surface area contributed by atoms with Gasteiger partial charge in [0.1, 0.15) is 18.1 Å². The van der Waals surface area contributed by atoms with Crippen LogP contribution in [0.3, 0.4) is 0 Å². The Morgan fingerprint density at radius 2 is 1.40 bits per heavy atom. The molecule has 4 aromatic rings. The maximum absolute atomic E-state index is 14.8. The highest BCUT2D eigenvalue weighted by atomic mass is 19.4. The van der Waals surface area contributed by atoms with Gasteiger partial charge in [-0.15, -0.1) is 0 Å². The van der Waals surface area contributed by atoms with E-state index in [1.165, 1.54) is 60.7 Å². The molecule has 4 rings (SSSR count). The number of ether oxygens (including phenoxy) is 3. The van der Waals surface area contributed by atoms with Crippen molar-refractivity contribution in [2.45, 2.75) is 51.5 Å². The first-order valence-electron chi connectivity index (χ1n) is 14.9. The Balaban J connectivity index is 1.27. The zero-order valence-electron chi connectivity index (χ0n) is 25.7. The van der Waals surface area contributed by atoms with Crippen LogP contribution in [-0.4, -0.2) is 18.8 Å². The van der Waals surface area contributed by atoms with Crippen LogP contribution in [0.25, 0.3) is 17.2 Å². The van der Waals surface area contributed by atoms with Gasteiger partial charge in [0.05, 0.1) is 12.2 Å². The number of hydrogen-bond acceptors (Lipinski definition) is 6. The van der Waals surface area contributed by atoms with Gasteiger partial charge in [0.2, 0.25) is 0 Å². The van der Waals surface area contributed by atoms with Gasteiger partial charge in [-0.25, -0.2) is 4.79 Å². The van der Waals surface area contributed by atoms with Gasteiger partial charge in [0.15, 0.2) is 0 Å². The molecule has 0 amide bonds. The number of hydrogen-bond donors (Lipinski definition) is 2. The molecule has 248 valence electrons. The standard InChI is InChI=1S/C36H35F5N2O4/c1-24-21-28(42)10-16-32(24)33-17-11-29(43)22-26(33)23-46-34(44)18-7-25-5-8-27(9-6-25)36(40,41)47-31-14-12-30(13-15-31)45-20-4-2-3-19-35(37,38)39/h5-18,21-22H,2-4,19-20,23,42-43H2,1H3/b18-7+. The smallest absolute Gasteiger partial charge is 0.426 e. The van der Waals surface area contributed by atoms with Crippen molar-refractivity contribution in [3.63, 3.8) is 0 Å². The maximum Gasteiger partial charge on any atom is 0.426 e. The Morgan fingerprint density at radius 3 is 2.06 bits per heavy atom. The SMILES string of the molecule is Cc1cc(N)ccc1-c1ccc(N)cc1COC(=O)/C=C/c1ccc(C(F)(F)Oc2ccc(OCCCCCC(F)(F)F)cc2)cc1. The van der Waals surface area contributed by atoms with Crippen molar-refractivity contribution in [2.75, 3.05) is 18.1 Å². The predicted octanol–water partition coefficient (Wildman–Crippen LogP) is 9.21. The molecule has 0 unspecified atom stereocenters. The van der Waals surface area contributed by atoms with E-state index in [1.54, 1.807) is 18.2 Å². The second-order valence-corrected chi connectivity index (χ2v) is 10.9. The molecule has 4 aromatic carbocycles. The molecule has 47 heavy (non-hydrogen) atoms. The van der Waals surface area contributed by atoms with Crippen LogP contribution >= 0.6 is 0 Å². The highest BCUT2D eigenvalue weighted by Gasteiger charge is 2.34. The number of anilines is 2. The minimum absolute atomic E-state index is 0.0244. The third kappa shape index (κ3) is 10.8. The summed E-state index contributed by atoms with van der Waals surface area (Å²) < 4.78 is 82.1. The van der Waals surface area contributed by atoms with E-state index in [9.17, 15) is 26.7 Å². The topological polar surface area (TPSA) is 96.8 Å². The van der Waals surface area contributed by atoms with Gasteiger partial charge in [-0.05, 0) is 121 Å². The minimum Gasteiger partial charge on any atom is -0.494 e. The molecule has 0 saturated heterocycles. The highest BCUT2D eigenvalue weighted by Crippen LogP contribution is 2.33. The maximum atomic E-state index is 14.8. The number of halogens is 5. The number of carbonyl (C=O) groups is 1. The molecule has 0 aliphatic rings. The van der Waals surface area contributed by atoms with E-state index in [4.69, 9.17) is 25.7 Å². The molecule has 0 fully saturated rings. The van der Waals surface area contributed by atoms with Crippen LogP contribution in [-0.2, 0) is 22.2 Å². The molecule has 11 heteroatoms. The number of nitrogens with two attached hydrogens (primary N) is 2. The molecule has 0 bridgehead atoms. The fraction of sp³-hybridized carbons (Fsp3) is 0.250. The molecule has 0 aromatic heterocycles. The second-order valence-electron chi connectivity index (χ2n) is 10.9. The van der Waals surface area contributed by atoms with Crippen LogP contribution < -0.4 is 20.9 Å². The second kappa shape index (κ2) is 15.5. The van der Waals surface area contributed by atoms with E-state index in [2.05, 4.69) is 0 Å². The van der Waals surface area contributed by atoms with Crippen LogP contribution in [0.15, 0.2) is 91.0 Å². The summed E-state index contributed by atoms with van der Waals surface area (Å²) in [7, 11) is 0. The molecular formula is C36H35F5N2O4. The van der Waals surface area contributed by atoms with E-state index in [0.29, 0.717) is 41.1 Å². The summed E-state index contributed by atoms with van der Waals surface area (Å²) in [4.78, 5) is 12.5. The van der Waals surface area contributed by atoms with Crippen molar-refractivity contribution in [3.05, 3.63) is 113 Å². The van der Waals surface area contributed by atoms with Crippen molar-refractivity contribution in [2.24, 2.45) is 0 Å². The van der Waals surface area contributed by atoms with E-state index < -0.39 is 30.2 Å². The first kappa shape index (κ1) is 34.8. The van der Waals surface area contributed by atoms with Crippen molar-refractivity contribution in [1.82, 2.24) is 0 Å². The monoisotopic (exact) mass is 654 g/mol. The van der Waals surface area contributed by atoms with Crippen LogP contribution in [0.2, 0.25) is 0 Å². The number of carbonyl (C=O) groups excluding carboxylic acids is 1. The molecule has 0 heterocycles. The van der Waals surface area contributed by atoms with E-state index in [1.807, 2.05) is 25.1 Å². The molecule has 4 N–H and O–H groups in total. The number of nitrogen functional groups attached to an aromatic ring is 2. The normalized spacial score (nSPS) is 11.9. The molecule has 0 saturated carbocycles. The summed E-state index contributed by atoms with van der Waals surface area (Å²) in [5, 5.41) is 0.